The van der Waals surface area contributed by atoms with Crippen molar-refractivity contribution in [2.24, 2.45) is 16.9 Å². The van der Waals surface area contributed by atoms with Crippen molar-refractivity contribution in [3.05, 3.63) is 77.0 Å². The van der Waals surface area contributed by atoms with Crippen molar-refractivity contribution in [2.45, 2.75) is 40.2 Å². The molecule has 19 heteroatoms. The number of nitrogens with zero attached hydrogens (tertiary/aromatic N) is 1. The number of pyridine rings is 1. The van der Waals surface area contributed by atoms with E-state index in [0.717, 1.165) is 0 Å². The molecule has 2 amide bonds. The third-order valence-electron chi connectivity index (χ3n) is 6.44. The Bertz CT molecular complexity index is 1880. The van der Waals surface area contributed by atoms with Crippen molar-refractivity contribution in [2.75, 3.05) is 31.0 Å². The summed E-state index contributed by atoms with van der Waals surface area (Å²) in [6.07, 6.45) is 1.99. The summed E-state index contributed by atoms with van der Waals surface area (Å²) in [4.78, 5) is 43.2. The molecular formula is C32H44N6O11S2. The van der Waals surface area contributed by atoms with E-state index >= 15 is 0 Å². The van der Waals surface area contributed by atoms with Crippen LogP contribution in [0.15, 0.2) is 54.6 Å². The highest BCUT2D eigenvalue weighted by Gasteiger charge is 2.27. The normalized spacial score (nSPS) is 11.8. The van der Waals surface area contributed by atoms with Gasteiger partial charge in [-0.15, -0.1) is 0 Å². The molecule has 0 spiro atoms. The summed E-state index contributed by atoms with van der Waals surface area (Å²) in [5, 5.41) is 23.3. The molecule has 1 atom stereocenters. The average Bonchev–Trinajstić information content (AvgIpc) is 2.99. The smallest absolute Gasteiger partial charge is 0.336 e. The summed E-state index contributed by atoms with van der Waals surface area (Å²) < 4.78 is 57.2. The third kappa shape index (κ3) is 16.5. The summed E-state index contributed by atoms with van der Waals surface area (Å²) in [5.41, 5.74) is 12.3. The first-order valence-electron chi connectivity index (χ1n) is 15.0. The van der Waals surface area contributed by atoms with Crippen LogP contribution in [0.25, 0.3) is 11.1 Å². The van der Waals surface area contributed by atoms with E-state index in [-0.39, 0.29) is 51.1 Å². The molecule has 10 N–H and O–H groups in total. The highest BCUT2D eigenvalue weighted by molar-refractivity contribution is 7.85. The molecule has 51 heavy (non-hydrogen) atoms. The lowest BCUT2D eigenvalue weighted by Gasteiger charge is -2.31. The minimum absolute atomic E-state index is 0.0676. The van der Waals surface area contributed by atoms with Crippen molar-refractivity contribution >= 4 is 49.5 Å². The SMILES string of the molecule is CCOc1ccc(-c2ccc(C(=O)N[C@@H](CCN)C(C)(C)C)cc2C(=O)O)c(C(=O)Nc2ccc(C(=N)N)cc2)n1.CS(=O)(=O)O.CS(=O)(=O)O. The second-order valence-electron chi connectivity index (χ2n) is 11.9. The number of ether oxygens (including phenoxy) is 1. The predicted octanol–water partition coefficient (Wildman–Crippen LogP) is 2.88. The highest BCUT2D eigenvalue weighted by Crippen LogP contribution is 2.30. The number of nitrogens with two attached hydrogens (primary N) is 2. The van der Waals surface area contributed by atoms with Gasteiger partial charge in [0.1, 0.15) is 11.5 Å². The van der Waals surface area contributed by atoms with Gasteiger partial charge < -0.3 is 31.9 Å². The first-order valence-corrected chi connectivity index (χ1v) is 18.7. The van der Waals surface area contributed by atoms with E-state index in [0.29, 0.717) is 43.3 Å². The molecule has 3 aromatic rings. The number of hydrogen-bond acceptors (Lipinski definition) is 11. The van der Waals surface area contributed by atoms with Crippen molar-refractivity contribution in [3.63, 3.8) is 0 Å². The monoisotopic (exact) mass is 752 g/mol. The molecule has 0 radical (unpaired) electrons. The van der Waals surface area contributed by atoms with Crippen LogP contribution in [-0.4, -0.2) is 91.4 Å². The van der Waals surface area contributed by atoms with Gasteiger partial charge in [-0.3, -0.25) is 24.1 Å². The van der Waals surface area contributed by atoms with Gasteiger partial charge >= 0.3 is 5.97 Å². The van der Waals surface area contributed by atoms with Gasteiger partial charge in [-0.2, -0.15) is 16.8 Å². The van der Waals surface area contributed by atoms with Crippen LogP contribution in [0, 0.1) is 10.8 Å². The van der Waals surface area contributed by atoms with Crippen LogP contribution in [-0.2, 0) is 20.2 Å². The Labute approximate surface area is 296 Å². The second-order valence-corrected chi connectivity index (χ2v) is 14.9. The molecule has 0 aliphatic heterocycles. The summed E-state index contributed by atoms with van der Waals surface area (Å²) in [7, 11) is -7.33. The lowest BCUT2D eigenvalue weighted by Crippen LogP contribution is -2.44. The summed E-state index contributed by atoms with van der Waals surface area (Å²) >= 11 is 0. The van der Waals surface area contributed by atoms with E-state index in [1.807, 2.05) is 20.8 Å². The second kappa shape index (κ2) is 18.9. The van der Waals surface area contributed by atoms with E-state index < -0.39 is 38.0 Å². The van der Waals surface area contributed by atoms with Crippen LogP contribution in [0.1, 0.15) is 70.9 Å². The number of carbonyl (C=O) groups is 3. The maximum Gasteiger partial charge on any atom is 0.336 e. The maximum absolute atomic E-state index is 13.4. The lowest BCUT2D eigenvalue weighted by atomic mass is 9.84. The molecular weight excluding hydrogens is 709 g/mol. The molecule has 2 aromatic carbocycles. The minimum atomic E-state index is -3.67. The van der Waals surface area contributed by atoms with Crippen LogP contribution in [0.2, 0.25) is 0 Å². The predicted molar refractivity (Wildman–Crippen MR) is 193 cm³/mol. The number of carbonyl (C=O) groups excluding carboxylic acids is 2. The summed E-state index contributed by atoms with van der Waals surface area (Å²) in [5.74, 6) is -2.23. The van der Waals surface area contributed by atoms with Gasteiger partial charge in [-0.25, -0.2) is 9.78 Å². The largest absolute Gasteiger partial charge is 0.478 e. The Morgan fingerprint density at radius 3 is 1.86 bits per heavy atom. The molecule has 0 aliphatic carbocycles. The molecule has 17 nitrogen and oxygen atoms in total. The summed E-state index contributed by atoms with van der Waals surface area (Å²) in [6.45, 7) is 8.44. The molecule has 3 rings (SSSR count). The molecule has 0 aliphatic rings. The fraction of sp³-hybridized carbons (Fsp3) is 0.344. The van der Waals surface area contributed by atoms with Crippen molar-refractivity contribution in [1.29, 1.82) is 5.41 Å². The van der Waals surface area contributed by atoms with E-state index in [2.05, 4.69) is 15.6 Å². The van der Waals surface area contributed by atoms with Gasteiger partial charge in [-0.05, 0) is 73.3 Å². The molecule has 0 fully saturated rings. The van der Waals surface area contributed by atoms with Crippen molar-refractivity contribution < 1.29 is 50.2 Å². The molecule has 0 bridgehead atoms. The fourth-order valence-corrected chi connectivity index (χ4v) is 4.21. The zero-order valence-corrected chi connectivity index (χ0v) is 30.6. The number of benzene rings is 2. The minimum Gasteiger partial charge on any atom is -0.478 e. The first-order chi connectivity index (χ1) is 23.3. The van der Waals surface area contributed by atoms with Gasteiger partial charge in [0.25, 0.3) is 32.1 Å². The highest BCUT2D eigenvalue weighted by atomic mass is 32.2. The van der Waals surface area contributed by atoms with Crippen molar-refractivity contribution in [3.8, 4) is 17.0 Å². The van der Waals surface area contributed by atoms with Crippen molar-refractivity contribution in [1.82, 2.24) is 10.3 Å². The number of aromatic carboxylic acids is 1. The molecule has 0 saturated carbocycles. The lowest BCUT2D eigenvalue weighted by molar-refractivity contribution is 0.0697. The zero-order chi connectivity index (χ0) is 39.3. The molecule has 1 aromatic heterocycles. The number of carboxylic acid groups (broad SMARTS) is 1. The van der Waals surface area contributed by atoms with Crippen LogP contribution in [0.4, 0.5) is 5.69 Å². The quantitative estimate of drug-likeness (QED) is 0.0794. The van der Waals surface area contributed by atoms with Crippen LogP contribution < -0.4 is 26.8 Å². The number of rotatable bonds is 11. The first kappa shape index (κ1) is 44.1. The number of carboxylic acids is 1. The van der Waals surface area contributed by atoms with E-state index in [1.165, 1.54) is 18.2 Å². The topological polar surface area (TPSA) is 302 Å². The number of amidine groups is 1. The van der Waals surface area contributed by atoms with Gasteiger partial charge in [0, 0.05) is 34.5 Å². The third-order valence-corrected chi connectivity index (χ3v) is 6.44. The van der Waals surface area contributed by atoms with Gasteiger partial charge in [0.15, 0.2) is 0 Å². The number of nitrogens with one attached hydrogen (secondary N) is 3. The van der Waals surface area contributed by atoms with E-state index in [1.54, 1.807) is 43.3 Å². The molecule has 0 unspecified atom stereocenters. The Morgan fingerprint density at radius 2 is 1.41 bits per heavy atom. The van der Waals surface area contributed by atoms with Crippen LogP contribution in [0.5, 0.6) is 5.88 Å². The van der Waals surface area contributed by atoms with E-state index in [9.17, 15) is 36.3 Å². The number of aromatic nitrogens is 1. The van der Waals surface area contributed by atoms with Gasteiger partial charge in [0.2, 0.25) is 5.88 Å². The fourth-order valence-electron chi connectivity index (χ4n) is 4.21. The Hall–Kier alpha value is -4.95. The average molecular weight is 753 g/mol. The molecule has 0 saturated heterocycles. The number of nitrogen functional groups attached to an aromatic ring is 1. The zero-order valence-electron chi connectivity index (χ0n) is 28.9. The molecule has 1 heterocycles. The standard InChI is InChI=1S/C30H36N6O5.2CH4O3S/c1-5-41-24-13-12-21(25(36-24)28(38)34-19-9-6-17(7-10-19)26(32)33)20-11-8-18(16-22(20)29(39)40)27(37)35-23(14-15-31)30(2,3)4;2*1-5(2,3)4/h6-13,16,23H,5,14-15,31H2,1-4H3,(H3,32,33)(H,34,38)(H,35,37)(H,39,40);2*1H3,(H,2,3,4)/t23-;;/m0../s1. The van der Waals surface area contributed by atoms with Gasteiger partial charge in [0.05, 0.1) is 24.7 Å². The van der Waals surface area contributed by atoms with Gasteiger partial charge in [-0.1, -0.05) is 26.8 Å². The number of amides is 2. The summed E-state index contributed by atoms with van der Waals surface area (Å²) in [6, 6.07) is 13.5. The Kier molecular flexibility index (Phi) is 16.3. The Morgan fingerprint density at radius 1 is 0.902 bits per heavy atom. The van der Waals surface area contributed by atoms with Crippen LogP contribution >= 0.6 is 0 Å². The van der Waals surface area contributed by atoms with E-state index in [4.69, 9.17) is 30.7 Å². The number of hydrogen-bond donors (Lipinski definition) is 8. The van der Waals surface area contributed by atoms with Crippen LogP contribution in [0.3, 0.4) is 0 Å². The molecule has 280 valence electrons. The number of anilines is 1. The Balaban J connectivity index is 0.00000114. The maximum atomic E-state index is 13.4.